The second kappa shape index (κ2) is 5.66. The fourth-order valence-electron chi connectivity index (χ4n) is 3.84. The van der Waals surface area contributed by atoms with Gasteiger partial charge in [0.2, 0.25) is 0 Å². The average molecular weight is 340 g/mol. The normalized spacial score (nSPS) is 27.8. The topological polar surface area (TPSA) is 76.0 Å². The number of carbonyl (C=O) groups excluding carboxylic acids is 1. The van der Waals surface area contributed by atoms with Crippen LogP contribution in [0, 0.1) is 0 Å². The van der Waals surface area contributed by atoms with Gasteiger partial charge in [0.15, 0.2) is 12.1 Å². The van der Waals surface area contributed by atoms with Gasteiger partial charge < -0.3 is 19.7 Å². The van der Waals surface area contributed by atoms with Gasteiger partial charge in [-0.05, 0) is 30.2 Å². The average Bonchev–Trinajstić information content (AvgIpc) is 2.91. The molecule has 1 aliphatic heterocycles. The van der Waals surface area contributed by atoms with Crippen LogP contribution in [0.5, 0.6) is 5.75 Å². The van der Waals surface area contributed by atoms with Gasteiger partial charge in [-0.15, -0.1) is 0 Å². The lowest BCUT2D eigenvalue weighted by atomic mass is 9.79. The Morgan fingerprint density at radius 3 is 2.80 bits per heavy atom. The van der Waals surface area contributed by atoms with Crippen LogP contribution in [0.15, 0.2) is 36.4 Å². The van der Waals surface area contributed by atoms with Crippen LogP contribution in [0.4, 0.5) is 0 Å². The summed E-state index contributed by atoms with van der Waals surface area (Å²) in [5.41, 5.74) is 2.70. The summed E-state index contributed by atoms with van der Waals surface area (Å²) in [5.74, 6) is 0.568. The van der Waals surface area contributed by atoms with Crippen molar-refractivity contribution in [3.8, 4) is 5.75 Å². The summed E-state index contributed by atoms with van der Waals surface area (Å²) in [6, 6.07) is 11.0. The van der Waals surface area contributed by atoms with Gasteiger partial charge in [0.1, 0.15) is 11.9 Å². The fraction of sp³-hybridized carbons (Fsp3) is 0.350. The molecule has 2 N–H and O–H groups in total. The SMILES string of the molecule is COc1cccc2c1C(c1ccc3c(c1)C(=O)C[C@](C)(O)C3)OC2O. The lowest BCUT2D eigenvalue weighted by Crippen LogP contribution is -2.35. The minimum absolute atomic E-state index is 0.0769. The molecule has 1 heterocycles. The Balaban J connectivity index is 1.79. The molecule has 2 unspecified atom stereocenters. The molecule has 0 aromatic heterocycles. The van der Waals surface area contributed by atoms with Gasteiger partial charge in [0.25, 0.3) is 0 Å². The highest BCUT2D eigenvalue weighted by Crippen LogP contribution is 2.46. The lowest BCUT2D eigenvalue weighted by molar-refractivity contribution is -0.109. The molecule has 0 saturated heterocycles. The van der Waals surface area contributed by atoms with Crippen molar-refractivity contribution in [2.75, 3.05) is 7.11 Å². The standard InChI is InChI=1S/C20H20O5/c1-20(23)9-12-7-6-11(8-14(12)15(21)10-20)18-17-13(19(22)25-18)4-3-5-16(17)24-2/h3-8,18-19,22-23H,9-10H2,1-2H3/t18?,19?,20-/m1/s1. The molecule has 0 amide bonds. The van der Waals surface area contributed by atoms with Gasteiger partial charge in [0.05, 0.1) is 12.7 Å². The second-order valence-corrected chi connectivity index (χ2v) is 7.02. The first-order chi connectivity index (χ1) is 11.9. The summed E-state index contributed by atoms with van der Waals surface area (Å²) in [4.78, 5) is 12.4. The summed E-state index contributed by atoms with van der Waals surface area (Å²) in [5, 5.41) is 20.4. The molecule has 3 atom stereocenters. The largest absolute Gasteiger partial charge is 0.496 e. The van der Waals surface area contributed by atoms with Gasteiger partial charge in [0, 0.05) is 29.5 Å². The summed E-state index contributed by atoms with van der Waals surface area (Å²) >= 11 is 0. The first-order valence-corrected chi connectivity index (χ1v) is 8.28. The minimum atomic E-state index is -1.03. The van der Waals surface area contributed by atoms with Crippen molar-refractivity contribution < 1.29 is 24.5 Å². The molecule has 5 heteroatoms. The fourth-order valence-corrected chi connectivity index (χ4v) is 3.84. The van der Waals surface area contributed by atoms with E-state index in [4.69, 9.17) is 9.47 Å². The molecule has 2 aromatic rings. The van der Waals surface area contributed by atoms with E-state index in [0.29, 0.717) is 23.3 Å². The zero-order chi connectivity index (χ0) is 17.8. The number of carbonyl (C=O) groups is 1. The predicted molar refractivity (Wildman–Crippen MR) is 90.6 cm³/mol. The van der Waals surface area contributed by atoms with Crippen LogP contribution in [0.2, 0.25) is 0 Å². The van der Waals surface area contributed by atoms with E-state index in [0.717, 1.165) is 16.7 Å². The number of aliphatic hydroxyl groups is 2. The van der Waals surface area contributed by atoms with Gasteiger partial charge in [-0.2, -0.15) is 0 Å². The third-order valence-corrected chi connectivity index (χ3v) is 4.96. The molecule has 4 rings (SSSR count). The number of methoxy groups -OCH3 is 1. The molecule has 2 aromatic carbocycles. The summed E-state index contributed by atoms with van der Waals surface area (Å²) in [6.45, 7) is 1.68. The number of ketones is 1. The summed E-state index contributed by atoms with van der Waals surface area (Å²) in [6.07, 6.45) is -0.968. The van der Waals surface area contributed by atoms with Crippen LogP contribution < -0.4 is 4.74 Å². The number of rotatable bonds is 2. The van der Waals surface area contributed by atoms with E-state index in [-0.39, 0.29) is 12.2 Å². The third-order valence-electron chi connectivity index (χ3n) is 4.96. The predicted octanol–water partition coefficient (Wildman–Crippen LogP) is 2.69. The van der Waals surface area contributed by atoms with Gasteiger partial charge in [-0.1, -0.05) is 24.3 Å². The molecular weight excluding hydrogens is 320 g/mol. The molecule has 5 nitrogen and oxygen atoms in total. The first-order valence-electron chi connectivity index (χ1n) is 8.28. The van der Waals surface area contributed by atoms with Crippen LogP contribution in [-0.4, -0.2) is 28.7 Å². The van der Waals surface area contributed by atoms with Crippen LogP contribution in [0.1, 0.15) is 58.4 Å². The van der Waals surface area contributed by atoms with Crippen LogP contribution in [0.3, 0.4) is 0 Å². The van der Waals surface area contributed by atoms with Crippen molar-refractivity contribution in [3.63, 3.8) is 0 Å². The molecule has 0 bridgehead atoms. The number of Topliss-reactive ketones (excluding diaryl/α,β-unsaturated/α-hetero) is 1. The van der Waals surface area contributed by atoms with E-state index in [9.17, 15) is 15.0 Å². The molecule has 0 saturated carbocycles. The molecule has 130 valence electrons. The van der Waals surface area contributed by atoms with Crippen molar-refractivity contribution in [3.05, 3.63) is 64.2 Å². The number of aliphatic hydroxyl groups excluding tert-OH is 1. The molecule has 25 heavy (non-hydrogen) atoms. The van der Waals surface area contributed by atoms with Crippen molar-refractivity contribution in [2.24, 2.45) is 0 Å². The van der Waals surface area contributed by atoms with E-state index in [1.165, 1.54) is 0 Å². The Morgan fingerprint density at radius 2 is 2.04 bits per heavy atom. The number of fused-ring (bicyclic) bond motifs is 2. The van der Waals surface area contributed by atoms with Crippen molar-refractivity contribution in [1.82, 2.24) is 0 Å². The van der Waals surface area contributed by atoms with Crippen LogP contribution >= 0.6 is 0 Å². The zero-order valence-electron chi connectivity index (χ0n) is 14.2. The van der Waals surface area contributed by atoms with Gasteiger partial charge >= 0.3 is 0 Å². The quantitative estimate of drug-likeness (QED) is 0.879. The van der Waals surface area contributed by atoms with Gasteiger partial charge in [-0.25, -0.2) is 0 Å². The van der Waals surface area contributed by atoms with Crippen molar-refractivity contribution >= 4 is 5.78 Å². The molecule has 2 aliphatic rings. The second-order valence-electron chi connectivity index (χ2n) is 7.02. The number of hydrogen-bond donors (Lipinski definition) is 2. The van der Waals surface area contributed by atoms with E-state index < -0.39 is 18.0 Å². The van der Waals surface area contributed by atoms with Crippen molar-refractivity contribution in [1.29, 1.82) is 0 Å². The zero-order valence-corrected chi connectivity index (χ0v) is 14.2. The summed E-state index contributed by atoms with van der Waals surface area (Å²) in [7, 11) is 1.58. The number of benzene rings is 2. The maximum atomic E-state index is 12.4. The van der Waals surface area contributed by atoms with E-state index in [2.05, 4.69) is 0 Å². The monoisotopic (exact) mass is 340 g/mol. The Morgan fingerprint density at radius 1 is 1.24 bits per heavy atom. The first kappa shape index (κ1) is 16.3. The Bertz CT molecular complexity index is 855. The highest BCUT2D eigenvalue weighted by Gasteiger charge is 2.37. The molecule has 1 aliphatic carbocycles. The van der Waals surface area contributed by atoms with E-state index >= 15 is 0 Å². The molecule has 0 spiro atoms. The highest BCUT2D eigenvalue weighted by atomic mass is 16.6. The molecular formula is C20H20O5. The Labute approximate surface area is 145 Å². The maximum absolute atomic E-state index is 12.4. The number of ether oxygens (including phenoxy) is 2. The molecule has 0 radical (unpaired) electrons. The lowest BCUT2D eigenvalue weighted by Gasteiger charge is -2.29. The summed E-state index contributed by atoms with van der Waals surface area (Å²) < 4.78 is 11.2. The minimum Gasteiger partial charge on any atom is -0.496 e. The third kappa shape index (κ3) is 2.65. The Kier molecular flexibility index (Phi) is 3.68. The van der Waals surface area contributed by atoms with Crippen LogP contribution in [0.25, 0.3) is 0 Å². The van der Waals surface area contributed by atoms with Crippen LogP contribution in [-0.2, 0) is 11.2 Å². The highest BCUT2D eigenvalue weighted by molar-refractivity contribution is 5.99. The Hall–Kier alpha value is -2.21. The van der Waals surface area contributed by atoms with E-state index in [1.54, 1.807) is 14.0 Å². The van der Waals surface area contributed by atoms with Gasteiger partial charge in [-0.3, -0.25) is 4.79 Å². The maximum Gasteiger partial charge on any atom is 0.182 e. The number of hydrogen-bond acceptors (Lipinski definition) is 5. The van der Waals surface area contributed by atoms with Crippen molar-refractivity contribution in [2.45, 2.75) is 37.8 Å². The van der Waals surface area contributed by atoms with E-state index in [1.807, 2.05) is 36.4 Å². The molecule has 0 fully saturated rings. The smallest absolute Gasteiger partial charge is 0.182 e.